The molecule has 94 valence electrons. The summed E-state index contributed by atoms with van der Waals surface area (Å²) in [5.74, 6) is 0.257. The number of aromatic amines is 1. The number of halogens is 1. The molecule has 1 fully saturated rings. The normalized spacial score (nSPS) is 20.3. The number of nitrogens with two attached hydrogens (primary N) is 1. The Bertz CT molecular complexity index is 429. The molecule has 0 bridgehead atoms. The largest absolute Gasteiger partial charge is 0.336 e. The molecule has 1 aliphatic rings. The van der Waals surface area contributed by atoms with E-state index in [1.165, 1.54) is 0 Å². The van der Waals surface area contributed by atoms with Gasteiger partial charge in [-0.3, -0.25) is 9.89 Å². The Balaban J connectivity index is 2.20. The van der Waals surface area contributed by atoms with Gasteiger partial charge >= 0.3 is 0 Å². The van der Waals surface area contributed by atoms with Crippen LogP contribution >= 0.6 is 15.9 Å². The monoisotopic (exact) mass is 300 g/mol. The van der Waals surface area contributed by atoms with Gasteiger partial charge in [-0.15, -0.1) is 0 Å². The van der Waals surface area contributed by atoms with Crippen LogP contribution in [0.1, 0.15) is 42.4 Å². The van der Waals surface area contributed by atoms with Crippen LogP contribution in [-0.4, -0.2) is 40.1 Å². The third kappa shape index (κ3) is 2.37. The molecule has 0 aliphatic carbocycles. The number of carbonyl (C=O) groups excluding carboxylic acids is 1. The molecule has 1 aromatic heterocycles. The topological polar surface area (TPSA) is 75.0 Å². The van der Waals surface area contributed by atoms with Crippen molar-refractivity contribution in [2.75, 3.05) is 13.1 Å². The summed E-state index contributed by atoms with van der Waals surface area (Å²) in [4.78, 5) is 14.0. The summed E-state index contributed by atoms with van der Waals surface area (Å²) in [6.07, 6.45) is 0.866. The number of nitrogens with one attached hydrogen (secondary N) is 1. The lowest BCUT2D eigenvalue weighted by Gasteiger charge is -2.14. The fourth-order valence-electron chi connectivity index (χ4n) is 1.99. The summed E-state index contributed by atoms with van der Waals surface area (Å²) in [5.41, 5.74) is 7.22. The summed E-state index contributed by atoms with van der Waals surface area (Å²) in [5, 5.41) is 7.02. The van der Waals surface area contributed by atoms with Crippen LogP contribution in [0.5, 0.6) is 0 Å². The van der Waals surface area contributed by atoms with Crippen molar-refractivity contribution in [2.45, 2.75) is 32.2 Å². The molecular weight excluding hydrogens is 284 g/mol. The molecule has 3 N–H and O–H groups in total. The Kier molecular flexibility index (Phi) is 3.53. The number of hydrogen-bond acceptors (Lipinski definition) is 3. The number of H-pyrrole nitrogens is 1. The second kappa shape index (κ2) is 4.78. The average molecular weight is 301 g/mol. The van der Waals surface area contributed by atoms with Gasteiger partial charge in [0.1, 0.15) is 0 Å². The summed E-state index contributed by atoms with van der Waals surface area (Å²) in [6, 6.07) is 0.0984. The molecule has 6 heteroatoms. The molecular formula is C11H17BrN4O. The predicted molar refractivity (Wildman–Crippen MR) is 68.9 cm³/mol. The Labute approximate surface area is 109 Å². The molecule has 1 aliphatic heterocycles. The molecule has 0 radical (unpaired) electrons. The number of hydrogen-bond donors (Lipinski definition) is 2. The smallest absolute Gasteiger partial charge is 0.275 e. The standard InChI is InChI=1S/C11H17BrN4O/c1-6(2)9-8(12)10(15-14-9)11(17)16-4-3-7(13)5-16/h6-7H,3-5,13H2,1-2H3,(H,14,15)/t7-/m1/s1. The van der Waals surface area contributed by atoms with E-state index >= 15 is 0 Å². The van der Waals surface area contributed by atoms with E-state index in [0.717, 1.165) is 23.1 Å². The zero-order valence-electron chi connectivity index (χ0n) is 10.0. The van der Waals surface area contributed by atoms with Crippen LogP contribution in [-0.2, 0) is 0 Å². The van der Waals surface area contributed by atoms with Gasteiger partial charge in [0.25, 0.3) is 5.91 Å². The van der Waals surface area contributed by atoms with E-state index in [9.17, 15) is 4.79 Å². The van der Waals surface area contributed by atoms with E-state index < -0.39 is 0 Å². The molecule has 2 heterocycles. The number of rotatable bonds is 2. The summed E-state index contributed by atoms with van der Waals surface area (Å²) in [7, 11) is 0. The Morgan fingerprint density at radius 2 is 2.35 bits per heavy atom. The molecule has 0 aromatic carbocycles. The minimum atomic E-state index is -0.0482. The highest BCUT2D eigenvalue weighted by Gasteiger charge is 2.28. The van der Waals surface area contributed by atoms with Crippen molar-refractivity contribution in [2.24, 2.45) is 5.73 Å². The van der Waals surface area contributed by atoms with Crippen molar-refractivity contribution in [1.82, 2.24) is 15.1 Å². The molecule has 1 aromatic rings. The van der Waals surface area contributed by atoms with Gasteiger partial charge < -0.3 is 10.6 Å². The first-order valence-electron chi connectivity index (χ1n) is 5.79. The van der Waals surface area contributed by atoms with Crippen molar-refractivity contribution < 1.29 is 4.79 Å². The van der Waals surface area contributed by atoms with Crippen LogP contribution < -0.4 is 5.73 Å². The van der Waals surface area contributed by atoms with E-state index in [0.29, 0.717) is 18.2 Å². The highest BCUT2D eigenvalue weighted by atomic mass is 79.9. The lowest BCUT2D eigenvalue weighted by molar-refractivity contribution is 0.0784. The third-order valence-corrected chi connectivity index (χ3v) is 3.83. The summed E-state index contributed by atoms with van der Waals surface area (Å²) in [6.45, 7) is 5.45. The molecule has 5 nitrogen and oxygen atoms in total. The van der Waals surface area contributed by atoms with Gasteiger partial charge in [-0.05, 0) is 28.3 Å². The molecule has 1 amide bonds. The fourth-order valence-corrected chi connectivity index (χ4v) is 2.79. The average Bonchev–Trinajstić information content (AvgIpc) is 2.83. The maximum absolute atomic E-state index is 12.2. The van der Waals surface area contributed by atoms with Crippen LogP contribution in [0, 0.1) is 0 Å². The van der Waals surface area contributed by atoms with Gasteiger partial charge in [0.2, 0.25) is 0 Å². The second-order valence-corrected chi connectivity index (χ2v) is 5.55. The van der Waals surface area contributed by atoms with Gasteiger partial charge in [0.05, 0.1) is 10.2 Å². The Morgan fingerprint density at radius 3 is 2.82 bits per heavy atom. The van der Waals surface area contributed by atoms with E-state index in [-0.39, 0.29) is 11.9 Å². The van der Waals surface area contributed by atoms with Crippen molar-refractivity contribution in [3.05, 3.63) is 15.9 Å². The number of amides is 1. The van der Waals surface area contributed by atoms with Crippen LogP contribution in [0.4, 0.5) is 0 Å². The minimum Gasteiger partial charge on any atom is -0.336 e. The predicted octanol–water partition coefficient (Wildman–Crippen LogP) is 1.47. The van der Waals surface area contributed by atoms with E-state index in [2.05, 4.69) is 40.0 Å². The van der Waals surface area contributed by atoms with Crippen LogP contribution in [0.25, 0.3) is 0 Å². The summed E-state index contributed by atoms with van der Waals surface area (Å²) >= 11 is 3.44. The zero-order valence-corrected chi connectivity index (χ0v) is 11.6. The fraction of sp³-hybridized carbons (Fsp3) is 0.636. The SMILES string of the molecule is CC(C)c1[nH]nc(C(=O)N2CC[C@@H](N)C2)c1Br. The first-order chi connectivity index (χ1) is 8.00. The molecule has 0 saturated carbocycles. The zero-order chi connectivity index (χ0) is 12.6. The molecule has 1 saturated heterocycles. The quantitative estimate of drug-likeness (QED) is 0.868. The number of aromatic nitrogens is 2. The van der Waals surface area contributed by atoms with Gasteiger partial charge in [-0.25, -0.2) is 0 Å². The van der Waals surface area contributed by atoms with Crippen LogP contribution in [0.15, 0.2) is 4.47 Å². The molecule has 1 atom stereocenters. The van der Waals surface area contributed by atoms with Gasteiger partial charge in [0.15, 0.2) is 5.69 Å². The van der Waals surface area contributed by atoms with Crippen molar-refractivity contribution in [3.63, 3.8) is 0 Å². The van der Waals surface area contributed by atoms with Crippen molar-refractivity contribution >= 4 is 21.8 Å². The summed E-state index contributed by atoms with van der Waals surface area (Å²) < 4.78 is 0.776. The second-order valence-electron chi connectivity index (χ2n) is 4.75. The van der Waals surface area contributed by atoms with Crippen LogP contribution in [0.2, 0.25) is 0 Å². The first-order valence-corrected chi connectivity index (χ1v) is 6.58. The first kappa shape index (κ1) is 12.6. The van der Waals surface area contributed by atoms with Crippen LogP contribution in [0.3, 0.4) is 0 Å². The number of carbonyl (C=O) groups is 1. The number of nitrogens with zero attached hydrogens (tertiary/aromatic N) is 2. The highest BCUT2D eigenvalue weighted by molar-refractivity contribution is 9.10. The lowest BCUT2D eigenvalue weighted by Crippen LogP contribution is -2.32. The van der Waals surface area contributed by atoms with Gasteiger partial charge in [-0.1, -0.05) is 13.8 Å². The highest BCUT2D eigenvalue weighted by Crippen LogP contribution is 2.27. The molecule has 0 spiro atoms. The number of likely N-dealkylation sites (tertiary alicyclic amines) is 1. The van der Waals surface area contributed by atoms with Crippen molar-refractivity contribution in [3.8, 4) is 0 Å². The lowest BCUT2D eigenvalue weighted by atomic mass is 10.1. The van der Waals surface area contributed by atoms with E-state index in [1.54, 1.807) is 4.90 Å². The minimum absolute atomic E-state index is 0.0482. The Hall–Kier alpha value is -0.880. The molecule has 2 rings (SSSR count). The van der Waals surface area contributed by atoms with Crippen molar-refractivity contribution in [1.29, 1.82) is 0 Å². The maximum Gasteiger partial charge on any atom is 0.275 e. The van der Waals surface area contributed by atoms with E-state index in [1.807, 2.05) is 0 Å². The third-order valence-electron chi connectivity index (χ3n) is 3.02. The maximum atomic E-state index is 12.2. The van der Waals surface area contributed by atoms with E-state index in [4.69, 9.17) is 5.73 Å². The van der Waals surface area contributed by atoms with Gasteiger partial charge in [0, 0.05) is 19.1 Å². The van der Waals surface area contributed by atoms with Gasteiger partial charge in [-0.2, -0.15) is 5.10 Å². The molecule has 17 heavy (non-hydrogen) atoms. The molecule has 0 unspecified atom stereocenters. The Morgan fingerprint density at radius 1 is 1.65 bits per heavy atom.